The standard InChI is InChI=1S/C18H23N5O.HI/c1-3-19-18(20-10-9-16-7-5-11-24-16)21-12-15-13-23-14(2)6-4-8-17(23)22-15;/h4-8,11,13H,3,9-10,12H2,1-2H3,(H2,19,20,21);1H. The summed E-state index contributed by atoms with van der Waals surface area (Å²) in [6.45, 7) is 6.25. The SMILES string of the molecule is CCNC(=NCc1cn2c(C)cccc2n1)NCCc1ccco1.I. The zero-order chi connectivity index (χ0) is 16.8. The fraction of sp³-hybridized carbons (Fsp3) is 0.333. The number of aliphatic imine (C=N–C) groups is 1. The van der Waals surface area contributed by atoms with E-state index in [0.29, 0.717) is 6.54 Å². The van der Waals surface area contributed by atoms with Gasteiger partial charge in [0, 0.05) is 31.4 Å². The number of aryl methyl sites for hydroxylation is 1. The van der Waals surface area contributed by atoms with Crippen LogP contribution in [0.3, 0.4) is 0 Å². The molecule has 3 aromatic heterocycles. The number of pyridine rings is 1. The number of nitrogens with one attached hydrogen (secondary N) is 2. The van der Waals surface area contributed by atoms with E-state index in [1.165, 1.54) is 5.69 Å². The predicted molar refractivity (Wildman–Crippen MR) is 111 cm³/mol. The van der Waals surface area contributed by atoms with Gasteiger partial charge in [-0.3, -0.25) is 0 Å². The average molecular weight is 453 g/mol. The van der Waals surface area contributed by atoms with Crippen molar-refractivity contribution in [3.63, 3.8) is 0 Å². The number of rotatable bonds is 6. The summed E-state index contributed by atoms with van der Waals surface area (Å²) in [6, 6.07) is 9.98. The van der Waals surface area contributed by atoms with Gasteiger partial charge in [-0.2, -0.15) is 0 Å². The van der Waals surface area contributed by atoms with E-state index >= 15 is 0 Å². The average Bonchev–Trinajstić information content (AvgIpc) is 3.22. The van der Waals surface area contributed by atoms with Crippen molar-refractivity contribution in [2.45, 2.75) is 26.8 Å². The van der Waals surface area contributed by atoms with E-state index in [1.807, 2.05) is 30.5 Å². The van der Waals surface area contributed by atoms with E-state index in [1.54, 1.807) is 6.26 Å². The second-order valence-corrected chi connectivity index (χ2v) is 5.58. The summed E-state index contributed by atoms with van der Waals surface area (Å²) in [5.41, 5.74) is 3.07. The van der Waals surface area contributed by atoms with Crippen LogP contribution in [0.1, 0.15) is 24.1 Å². The summed E-state index contributed by atoms with van der Waals surface area (Å²) in [6.07, 6.45) is 4.56. The quantitative estimate of drug-likeness (QED) is 0.342. The minimum atomic E-state index is 0. The highest BCUT2D eigenvalue weighted by Gasteiger charge is 2.04. The molecule has 0 aliphatic heterocycles. The number of fused-ring (bicyclic) bond motifs is 1. The van der Waals surface area contributed by atoms with Gasteiger partial charge in [0.05, 0.1) is 18.5 Å². The second kappa shape index (κ2) is 9.45. The van der Waals surface area contributed by atoms with Crippen LogP contribution in [0.5, 0.6) is 0 Å². The minimum absolute atomic E-state index is 0. The van der Waals surface area contributed by atoms with Crippen molar-refractivity contribution in [3.8, 4) is 0 Å². The molecule has 2 N–H and O–H groups in total. The number of aromatic nitrogens is 2. The molecule has 0 bridgehead atoms. The number of hydrogen-bond acceptors (Lipinski definition) is 3. The maximum absolute atomic E-state index is 5.34. The lowest BCUT2D eigenvalue weighted by atomic mass is 10.3. The Labute approximate surface area is 164 Å². The molecule has 3 aromatic rings. The number of imidazole rings is 1. The van der Waals surface area contributed by atoms with Gasteiger partial charge < -0.3 is 19.5 Å². The molecule has 0 saturated heterocycles. The lowest BCUT2D eigenvalue weighted by Crippen LogP contribution is -2.38. The molecule has 0 amide bonds. The van der Waals surface area contributed by atoms with E-state index < -0.39 is 0 Å². The van der Waals surface area contributed by atoms with E-state index in [-0.39, 0.29) is 24.0 Å². The van der Waals surface area contributed by atoms with Gasteiger partial charge in [0.2, 0.25) is 0 Å². The summed E-state index contributed by atoms with van der Waals surface area (Å²) in [4.78, 5) is 9.23. The molecule has 0 saturated carbocycles. The molecule has 0 aromatic carbocycles. The fourth-order valence-corrected chi connectivity index (χ4v) is 2.54. The van der Waals surface area contributed by atoms with Crippen LogP contribution in [-0.4, -0.2) is 28.4 Å². The van der Waals surface area contributed by atoms with Crippen molar-refractivity contribution in [3.05, 3.63) is 59.9 Å². The van der Waals surface area contributed by atoms with Crippen LogP contribution in [0.15, 0.2) is 52.2 Å². The lowest BCUT2D eigenvalue weighted by Gasteiger charge is -2.10. The molecule has 6 nitrogen and oxygen atoms in total. The monoisotopic (exact) mass is 453 g/mol. The van der Waals surface area contributed by atoms with Crippen LogP contribution in [0.4, 0.5) is 0 Å². The molecule has 0 fully saturated rings. The number of furan rings is 1. The summed E-state index contributed by atoms with van der Waals surface area (Å²) in [7, 11) is 0. The number of halogens is 1. The number of hydrogen-bond donors (Lipinski definition) is 2. The molecule has 3 rings (SSSR count). The number of guanidine groups is 1. The third-order valence-electron chi connectivity index (χ3n) is 3.73. The molecule has 0 atom stereocenters. The van der Waals surface area contributed by atoms with Gasteiger partial charge in [-0.15, -0.1) is 24.0 Å². The second-order valence-electron chi connectivity index (χ2n) is 5.58. The third kappa shape index (κ3) is 5.22. The summed E-state index contributed by atoms with van der Waals surface area (Å²) in [5, 5.41) is 6.57. The largest absolute Gasteiger partial charge is 0.469 e. The normalized spacial score (nSPS) is 11.4. The molecule has 0 aliphatic rings. The van der Waals surface area contributed by atoms with Crippen LogP contribution in [0, 0.1) is 6.92 Å². The first-order valence-electron chi connectivity index (χ1n) is 8.24. The molecule has 0 unspecified atom stereocenters. The van der Waals surface area contributed by atoms with E-state index in [0.717, 1.165) is 42.6 Å². The van der Waals surface area contributed by atoms with Crippen molar-refractivity contribution >= 4 is 35.6 Å². The maximum Gasteiger partial charge on any atom is 0.191 e. The van der Waals surface area contributed by atoms with E-state index in [2.05, 4.69) is 44.9 Å². The van der Waals surface area contributed by atoms with Gasteiger partial charge in [0.15, 0.2) is 5.96 Å². The third-order valence-corrected chi connectivity index (χ3v) is 3.73. The van der Waals surface area contributed by atoms with Gasteiger partial charge in [0.25, 0.3) is 0 Å². The molecule has 7 heteroatoms. The fourth-order valence-electron chi connectivity index (χ4n) is 2.54. The highest BCUT2D eigenvalue weighted by atomic mass is 127. The molecule has 134 valence electrons. The Hall–Kier alpha value is -2.03. The van der Waals surface area contributed by atoms with E-state index in [9.17, 15) is 0 Å². The Balaban J connectivity index is 0.00000225. The Morgan fingerprint density at radius 2 is 2.12 bits per heavy atom. The molecule has 0 spiro atoms. The first kappa shape index (κ1) is 19.3. The van der Waals surface area contributed by atoms with Gasteiger partial charge in [-0.1, -0.05) is 6.07 Å². The van der Waals surface area contributed by atoms with Crippen LogP contribution in [-0.2, 0) is 13.0 Å². The van der Waals surface area contributed by atoms with Crippen molar-refractivity contribution in [1.82, 2.24) is 20.0 Å². The smallest absolute Gasteiger partial charge is 0.191 e. The Kier molecular flexibility index (Phi) is 7.30. The van der Waals surface area contributed by atoms with Gasteiger partial charge >= 0.3 is 0 Å². The Morgan fingerprint density at radius 1 is 1.24 bits per heavy atom. The van der Waals surface area contributed by atoms with E-state index in [4.69, 9.17) is 4.42 Å². The number of nitrogens with zero attached hydrogens (tertiary/aromatic N) is 3. The molecular weight excluding hydrogens is 429 g/mol. The maximum atomic E-state index is 5.34. The van der Waals surface area contributed by atoms with Gasteiger partial charge in [-0.25, -0.2) is 9.98 Å². The van der Waals surface area contributed by atoms with Crippen molar-refractivity contribution < 1.29 is 4.42 Å². The summed E-state index contributed by atoms with van der Waals surface area (Å²) in [5.74, 6) is 1.76. The lowest BCUT2D eigenvalue weighted by molar-refractivity contribution is 0.507. The van der Waals surface area contributed by atoms with Crippen LogP contribution in [0.25, 0.3) is 5.65 Å². The zero-order valence-corrected chi connectivity index (χ0v) is 16.9. The molecule has 0 aliphatic carbocycles. The zero-order valence-electron chi connectivity index (χ0n) is 14.5. The molecule has 0 radical (unpaired) electrons. The summed E-state index contributed by atoms with van der Waals surface area (Å²) >= 11 is 0. The van der Waals surface area contributed by atoms with Crippen LogP contribution in [0.2, 0.25) is 0 Å². The van der Waals surface area contributed by atoms with Crippen molar-refractivity contribution in [2.75, 3.05) is 13.1 Å². The Bertz CT molecular complexity index is 810. The van der Waals surface area contributed by atoms with Gasteiger partial charge in [0.1, 0.15) is 11.4 Å². The van der Waals surface area contributed by atoms with Gasteiger partial charge in [-0.05, 0) is 38.1 Å². The van der Waals surface area contributed by atoms with Crippen molar-refractivity contribution in [2.24, 2.45) is 4.99 Å². The topological polar surface area (TPSA) is 66.9 Å². The van der Waals surface area contributed by atoms with Crippen LogP contribution >= 0.6 is 24.0 Å². The van der Waals surface area contributed by atoms with Crippen molar-refractivity contribution in [1.29, 1.82) is 0 Å². The summed E-state index contributed by atoms with van der Waals surface area (Å²) < 4.78 is 7.42. The highest BCUT2D eigenvalue weighted by molar-refractivity contribution is 14.0. The molecular formula is C18H24IN5O. The molecule has 25 heavy (non-hydrogen) atoms. The first-order chi connectivity index (χ1) is 11.8. The minimum Gasteiger partial charge on any atom is -0.469 e. The first-order valence-corrected chi connectivity index (χ1v) is 8.24. The highest BCUT2D eigenvalue weighted by Crippen LogP contribution is 2.09. The molecule has 3 heterocycles. The van der Waals surface area contributed by atoms with Crippen LogP contribution < -0.4 is 10.6 Å². The predicted octanol–water partition coefficient (Wildman–Crippen LogP) is 3.15. The Morgan fingerprint density at radius 3 is 2.84 bits per heavy atom.